The monoisotopic (exact) mass is 229 g/mol. The molecule has 2 saturated carbocycles. The van der Waals surface area contributed by atoms with Crippen LogP contribution >= 0.6 is 0 Å². The van der Waals surface area contributed by atoms with Crippen molar-refractivity contribution in [2.75, 3.05) is 18.6 Å². The molecule has 1 N–H and O–H groups in total. The van der Waals surface area contributed by atoms with Gasteiger partial charge in [0.05, 0.1) is 0 Å². The van der Waals surface area contributed by atoms with E-state index in [2.05, 4.69) is 5.32 Å². The molecule has 0 spiro atoms. The van der Waals surface area contributed by atoms with E-state index in [-0.39, 0.29) is 11.8 Å². The fourth-order valence-corrected chi connectivity index (χ4v) is 3.11. The summed E-state index contributed by atoms with van der Waals surface area (Å²) in [4.78, 5) is 11.7. The Morgan fingerprint density at radius 3 is 2.60 bits per heavy atom. The molecule has 0 aromatic carbocycles. The Hall–Kier alpha value is -0.380. The van der Waals surface area contributed by atoms with Crippen molar-refractivity contribution < 1.29 is 9.00 Å². The summed E-state index contributed by atoms with van der Waals surface area (Å²) in [6.45, 7) is 0.685. The minimum atomic E-state index is -0.732. The number of hydrogen-bond acceptors (Lipinski definition) is 2. The largest absolute Gasteiger partial charge is 0.356 e. The molecule has 0 aliphatic heterocycles. The van der Waals surface area contributed by atoms with Crippen LogP contribution in [0.1, 0.15) is 25.7 Å². The second-order valence-corrected chi connectivity index (χ2v) is 6.40. The molecular weight excluding hydrogens is 210 g/mol. The van der Waals surface area contributed by atoms with Gasteiger partial charge in [0.1, 0.15) is 0 Å². The minimum absolute atomic E-state index is 0.226. The van der Waals surface area contributed by atoms with E-state index in [4.69, 9.17) is 0 Å². The molecule has 0 bridgehead atoms. The first kappa shape index (κ1) is 11.1. The molecule has 2 fully saturated rings. The standard InChI is InChI=1S/C11H19NO2S/c1-15(14)4-2-3-12-11(13)10-6-8-5-9(8)7-10/h8-10H,2-7H2,1H3,(H,12,13). The van der Waals surface area contributed by atoms with Crippen molar-refractivity contribution >= 4 is 16.7 Å². The van der Waals surface area contributed by atoms with E-state index in [0.29, 0.717) is 12.3 Å². The van der Waals surface area contributed by atoms with Gasteiger partial charge in [0.25, 0.3) is 0 Å². The Bertz CT molecular complexity index is 270. The third-order valence-corrected chi connectivity index (χ3v) is 4.39. The summed E-state index contributed by atoms with van der Waals surface area (Å²) in [5, 5.41) is 2.95. The number of carbonyl (C=O) groups excluding carboxylic acids is 1. The molecule has 0 saturated heterocycles. The Labute approximate surface area is 93.5 Å². The lowest BCUT2D eigenvalue weighted by molar-refractivity contribution is -0.125. The highest BCUT2D eigenvalue weighted by molar-refractivity contribution is 7.84. The number of fused-ring (bicyclic) bond motifs is 1. The average Bonchev–Trinajstić information content (AvgIpc) is 2.80. The summed E-state index contributed by atoms with van der Waals surface area (Å²) in [7, 11) is -0.732. The summed E-state index contributed by atoms with van der Waals surface area (Å²) < 4.78 is 10.8. The number of hydrogen-bond donors (Lipinski definition) is 1. The van der Waals surface area contributed by atoms with E-state index >= 15 is 0 Å². The molecule has 2 aliphatic carbocycles. The van der Waals surface area contributed by atoms with Crippen molar-refractivity contribution in [2.45, 2.75) is 25.7 Å². The summed E-state index contributed by atoms with van der Waals surface area (Å²) >= 11 is 0. The van der Waals surface area contributed by atoms with Crippen molar-refractivity contribution in [1.82, 2.24) is 5.32 Å². The van der Waals surface area contributed by atoms with Crippen molar-refractivity contribution in [3.8, 4) is 0 Å². The van der Waals surface area contributed by atoms with Gasteiger partial charge < -0.3 is 5.32 Å². The average molecular weight is 229 g/mol. The molecule has 86 valence electrons. The van der Waals surface area contributed by atoms with E-state index in [9.17, 15) is 9.00 Å². The highest BCUT2D eigenvalue weighted by Crippen LogP contribution is 2.54. The maximum absolute atomic E-state index is 11.7. The lowest BCUT2D eigenvalue weighted by atomic mass is 10.0. The van der Waals surface area contributed by atoms with Crippen molar-refractivity contribution in [3.63, 3.8) is 0 Å². The van der Waals surface area contributed by atoms with Crippen LogP contribution in [0.3, 0.4) is 0 Å². The normalized spacial score (nSPS) is 34.6. The van der Waals surface area contributed by atoms with E-state index in [1.807, 2.05) is 0 Å². The van der Waals surface area contributed by atoms with Crippen molar-refractivity contribution in [2.24, 2.45) is 17.8 Å². The highest BCUT2D eigenvalue weighted by Gasteiger charge is 2.47. The first-order chi connectivity index (χ1) is 7.16. The van der Waals surface area contributed by atoms with E-state index < -0.39 is 10.8 Å². The van der Waals surface area contributed by atoms with Gasteiger partial charge in [-0.25, -0.2) is 0 Å². The minimum Gasteiger partial charge on any atom is -0.356 e. The predicted octanol–water partition coefficient (Wildman–Crippen LogP) is 0.917. The Morgan fingerprint density at radius 1 is 1.33 bits per heavy atom. The fourth-order valence-electron chi connectivity index (χ4n) is 2.56. The van der Waals surface area contributed by atoms with Gasteiger partial charge in [0, 0.05) is 35.3 Å². The first-order valence-corrected chi connectivity index (χ1v) is 7.47. The lowest BCUT2D eigenvalue weighted by Gasteiger charge is -2.11. The van der Waals surface area contributed by atoms with Crippen LogP contribution in [0.25, 0.3) is 0 Å². The molecule has 0 aromatic rings. The molecule has 4 heteroatoms. The molecule has 3 nitrogen and oxygen atoms in total. The fraction of sp³-hybridized carbons (Fsp3) is 0.909. The Morgan fingerprint density at radius 2 is 2.00 bits per heavy atom. The van der Waals surface area contributed by atoms with Gasteiger partial charge in [-0.3, -0.25) is 9.00 Å². The molecule has 2 aliphatic rings. The molecule has 0 heterocycles. The van der Waals surface area contributed by atoms with E-state index in [1.165, 1.54) is 6.42 Å². The van der Waals surface area contributed by atoms with Gasteiger partial charge in [-0.15, -0.1) is 0 Å². The topological polar surface area (TPSA) is 46.2 Å². The zero-order valence-electron chi connectivity index (χ0n) is 9.20. The van der Waals surface area contributed by atoms with Crippen LogP contribution in [0, 0.1) is 17.8 Å². The zero-order valence-corrected chi connectivity index (χ0v) is 10.0. The smallest absolute Gasteiger partial charge is 0.223 e. The summed E-state index contributed by atoms with van der Waals surface area (Å²) in [5.74, 6) is 2.92. The van der Waals surface area contributed by atoms with Gasteiger partial charge in [-0.2, -0.15) is 0 Å². The van der Waals surface area contributed by atoms with Crippen LogP contribution in [0.15, 0.2) is 0 Å². The maximum atomic E-state index is 11.7. The third kappa shape index (κ3) is 3.03. The van der Waals surface area contributed by atoms with Gasteiger partial charge in [0.2, 0.25) is 5.91 Å². The van der Waals surface area contributed by atoms with Crippen molar-refractivity contribution in [3.05, 3.63) is 0 Å². The molecule has 0 radical (unpaired) electrons. The SMILES string of the molecule is CS(=O)CCCNC(=O)C1CC2CC2C1. The highest BCUT2D eigenvalue weighted by atomic mass is 32.2. The van der Waals surface area contributed by atoms with E-state index in [1.54, 1.807) is 6.26 Å². The number of amides is 1. The second-order valence-electron chi connectivity index (χ2n) is 4.85. The van der Waals surface area contributed by atoms with Crippen molar-refractivity contribution in [1.29, 1.82) is 0 Å². The van der Waals surface area contributed by atoms with E-state index in [0.717, 1.165) is 31.1 Å². The molecule has 0 aromatic heterocycles. The number of rotatable bonds is 5. The van der Waals surface area contributed by atoms with Crippen LogP contribution < -0.4 is 5.32 Å². The van der Waals surface area contributed by atoms with Gasteiger partial charge in [-0.1, -0.05) is 0 Å². The molecule has 3 unspecified atom stereocenters. The first-order valence-electron chi connectivity index (χ1n) is 5.74. The Balaban J connectivity index is 1.58. The summed E-state index contributed by atoms with van der Waals surface area (Å²) in [5.41, 5.74) is 0. The van der Waals surface area contributed by atoms with Gasteiger partial charge in [-0.05, 0) is 37.5 Å². The molecule has 3 atom stereocenters. The number of carbonyl (C=O) groups is 1. The lowest BCUT2D eigenvalue weighted by Crippen LogP contribution is -2.31. The van der Waals surface area contributed by atoms with Gasteiger partial charge >= 0.3 is 0 Å². The summed E-state index contributed by atoms with van der Waals surface area (Å²) in [6, 6.07) is 0. The second kappa shape index (κ2) is 4.64. The Kier molecular flexibility index (Phi) is 3.44. The quantitative estimate of drug-likeness (QED) is 0.713. The number of nitrogens with one attached hydrogen (secondary N) is 1. The third-order valence-electron chi connectivity index (χ3n) is 3.52. The van der Waals surface area contributed by atoms with Crippen LogP contribution in [-0.2, 0) is 15.6 Å². The molecule has 15 heavy (non-hydrogen) atoms. The summed E-state index contributed by atoms with van der Waals surface area (Å²) in [6.07, 6.45) is 6.10. The molecular formula is C11H19NO2S. The maximum Gasteiger partial charge on any atom is 0.223 e. The molecule has 2 rings (SSSR count). The predicted molar refractivity (Wildman–Crippen MR) is 60.9 cm³/mol. The zero-order chi connectivity index (χ0) is 10.8. The molecule has 1 amide bonds. The van der Waals surface area contributed by atoms with Crippen LogP contribution in [-0.4, -0.2) is 28.7 Å². The van der Waals surface area contributed by atoms with Crippen LogP contribution in [0.4, 0.5) is 0 Å². The van der Waals surface area contributed by atoms with Crippen LogP contribution in [0.5, 0.6) is 0 Å². The van der Waals surface area contributed by atoms with Gasteiger partial charge in [0.15, 0.2) is 0 Å². The van der Waals surface area contributed by atoms with Crippen LogP contribution in [0.2, 0.25) is 0 Å².